The highest BCUT2D eigenvalue weighted by Gasteiger charge is 2.42. The summed E-state index contributed by atoms with van der Waals surface area (Å²) in [5.74, 6) is -3.72. The summed E-state index contributed by atoms with van der Waals surface area (Å²) in [6.07, 6.45) is -4.00. The van der Waals surface area contributed by atoms with Crippen LogP contribution in [0.3, 0.4) is 0 Å². The zero-order valence-corrected chi connectivity index (χ0v) is 10.7. The summed E-state index contributed by atoms with van der Waals surface area (Å²) in [5, 5.41) is 0. The highest BCUT2D eigenvalue weighted by atomic mass is 19.4. The molecule has 0 saturated carbocycles. The number of halogens is 5. The number of rotatable bonds is 2. The van der Waals surface area contributed by atoms with Crippen LogP contribution in [0.25, 0.3) is 0 Å². The molecule has 1 aromatic carbocycles. The van der Waals surface area contributed by atoms with E-state index in [9.17, 15) is 22.0 Å². The molecule has 1 unspecified atom stereocenters. The van der Waals surface area contributed by atoms with E-state index < -0.39 is 23.7 Å². The number of alkyl halides is 3. The van der Waals surface area contributed by atoms with E-state index in [1.165, 1.54) is 17.0 Å². The third kappa shape index (κ3) is 2.87. The summed E-state index contributed by atoms with van der Waals surface area (Å²) in [7, 11) is 0. The van der Waals surface area contributed by atoms with E-state index >= 15 is 0 Å². The quantitative estimate of drug-likeness (QED) is 0.849. The topological polar surface area (TPSA) is 29.3 Å². The van der Waals surface area contributed by atoms with Crippen molar-refractivity contribution in [1.82, 2.24) is 0 Å². The molecule has 1 aromatic rings. The SMILES string of the molecule is NCc1ccc(N2CCCC(C(F)(F)F)C2)c(F)c1F. The van der Waals surface area contributed by atoms with Gasteiger partial charge >= 0.3 is 6.18 Å². The first kappa shape index (κ1) is 15.0. The van der Waals surface area contributed by atoms with Crippen molar-refractivity contribution in [3.05, 3.63) is 29.3 Å². The van der Waals surface area contributed by atoms with Gasteiger partial charge in [0.2, 0.25) is 0 Å². The zero-order chi connectivity index (χ0) is 14.9. The number of nitrogens with two attached hydrogens (primary N) is 1. The Bertz CT molecular complexity index is 486. The monoisotopic (exact) mass is 294 g/mol. The summed E-state index contributed by atoms with van der Waals surface area (Å²) in [4.78, 5) is 1.25. The van der Waals surface area contributed by atoms with Gasteiger partial charge in [0.1, 0.15) is 0 Å². The molecule has 1 aliphatic heterocycles. The predicted octanol–water partition coefficient (Wildman–Crippen LogP) is 3.20. The first-order valence-corrected chi connectivity index (χ1v) is 6.33. The molecule has 0 radical (unpaired) electrons. The average molecular weight is 294 g/mol. The number of hydrogen-bond acceptors (Lipinski definition) is 2. The lowest BCUT2D eigenvalue weighted by molar-refractivity contribution is -0.176. The minimum atomic E-state index is -4.31. The molecule has 1 heterocycles. The van der Waals surface area contributed by atoms with Crippen LogP contribution in [0.15, 0.2) is 12.1 Å². The summed E-state index contributed by atoms with van der Waals surface area (Å²) in [6, 6.07) is 2.60. The Balaban J connectivity index is 2.26. The first-order valence-electron chi connectivity index (χ1n) is 6.33. The van der Waals surface area contributed by atoms with Crippen molar-refractivity contribution in [1.29, 1.82) is 0 Å². The Morgan fingerprint density at radius 3 is 2.50 bits per heavy atom. The summed E-state index contributed by atoms with van der Waals surface area (Å²) >= 11 is 0. The molecular weight excluding hydrogens is 279 g/mol. The molecule has 20 heavy (non-hydrogen) atoms. The molecule has 2 N–H and O–H groups in total. The van der Waals surface area contributed by atoms with Crippen molar-refractivity contribution in [3.8, 4) is 0 Å². The lowest BCUT2D eigenvalue weighted by Gasteiger charge is -2.35. The zero-order valence-electron chi connectivity index (χ0n) is 10.7. The van der Waals surface area contributed by atoms with Gasteiger partial charge in [-0.25, -0.2) is 8.78 Å². The molecular formula is C13H15F5N2. The number of anilines is 1. The third-order valence-corrected chi connectivity index (χ3v) is 3.59. The summed E-state index contributed by atoms with van der Waals surface area (Å²) in [6.45, 7) is -0.221. The smallest absolute Gasteiger partial charge is 0.368 e. The Morgan fingerprint density at radius 2 is 1.90 bits per heavy atom. The summed E-state index contributed by atoms with van der Waals surface area (Å²) in [5.41, 5.74) is 5.14. The largest absolute Gasteiger partial charge is 0.393 e. The Labute approximate surface area is 113 Å². The Morgan fingerprint density at radius 1 is 1.20 bits per heavy atom. The second-order valence-corrected chi connectivity index (χ2v) is 4.90. The van der Waals surface area contributed by atoms with Crippen LogP contribution in [0, 0.1) is 17.6 Å². The van der Waals surface area contributed by atoms with Crippen LogP contribution in [0.4, 0.5) is 27.6 Å². The maximum absolute atomic E-state index is 13.9. The van der Waals surface area contributed by atoms with Gasteiger partial charge in [0.15, 0.2) is 11.6 Å². The van der Waals surface area contributed by atoms with Gasteiger partial charge in [-0.15, -0.1) is 0 Å². The lowest BCUT2D eigenvalue weighted by Crippen LogP contribution is -2.42. The lowest BCUT2D eigenvalue weighted by atomic mass is 9.97. The molecule has 1 saturated heterocycles. The van der Waals surface area contributed by atoms with E-state index in [-0.39, 0.29) is 37.3 Å². The molecule has 0 bridgehead atoms. The van der Waals surface area contributed by atoms with Gasteiger partial charge in [-0.1, -0.05) is 6.07 Å². The number of benzene rings is 1. The van der Waals surface area contributed by atoms with Crippen molar-refractivity contribution < 1.29 is 22.0 Å². The molecule has 0 aromatic heterocycles. The van der Waals surface area contributed by atoms with Crippen LogP contribution in [-0.4, -0.2) is 19.3 Å². The average Bonchev–Trinajstić information content (AvgIpc) is 2.41. The molecule has 2 rings (SSSR count). The van der Waals surface area contributed by atoms with Gasteiger partial charge in [-0.05, 0) is 18.9 Å². The summed E-state index contributed by atoms with van der Waals surface area (Å²) < 4.78 is 65.7. The Kier molecular flexibility index (Phi) is 4.17. The van der Waals surface area contributed by atoms with Crippen LogP contribution in [0.2, 0.25) is 0 Å². The van der Waals surface area contributed by atoms with Crippen LogP contribution < -0.4 is 10.6 Å². The van der Waals surface area contributed by atoms with Gasteiger partial charge in [0.05, 0.1) is 11.6 Å². The van der Waals surface area contributed by atoms with Crippen LogP contribution >= 0.6 is 0 Å². The minimum Gasteiger partial charge on any atom is -0.368 e. The van der Waals surface area contributed by atoms with Crippen molar-refractivity contribution in [2.24, 2.45) is 11.7 Å². The van der Waals surface area contributed by atoms with Crippen LogP contribution in [-0.2, 0) is 6.54 Å². The highest BCUT2D eigenvalue weighted by molar-refractivity contribution is 5.50. The van der Waals surface area contributed by atoms with Crippen molar-refractivity contribution in [2.75, 3.05) is 18.0 Å². The van der Waals surface area contributed by atoms with Crippen molar-refractivity contribution in [2.45, 2.75) is 25.6 Å². The van der Waals surface area contributed by atoms with Gasteiger partial charge < -0.3 is 10.6 Å². The molecule has 1 fully saturated rings. The highest BCUT2D eigenvalue weighted by Crippen LogP contribution is 2.36. The van der Waals surface area contributed by atoms with Crippen LogP contribution in [0.1, 0.15) is 18.4 Å². The van der Waals surface area contributed by atoms with E-state index in [0.29, 0.717) is 6.42 Å². The van der Waals surface area contributed by atoms with E-state index in [1.807, 2.05) is 0 Å². The second-order valence-electron chi connectivity index (χ2n) is 4.90. The van der Waals surface area contributed by atoms with Crippen LogP contribution in [0.5, 0.6) is 0 Å². The molecule has 1 aliphatic rings. The first-order chi connectivity index (χ1) is 9.34. The molecule has 1 atom stereocenters. The second kappa shape index (κ2) is 5.55. The maximum Gasteiger partial charge on any atom is 0.393 e. The number of piperidine rings is 1. The van der Waals surface area contributed by atoms with Crippen molar-refractivity contribution in [3.63, 3.8) is 0 Å². The van der Waals surface area contributed by atoms with E-state index in [1.54, 1.807) is 0 Å². The molecule has 0 spiro atoms. The van der Waals surface area contributed by atoms with E-state index in [4.69, 9.17) is 5.73 Å². The fourth-order valence-corrected chi connectivity index (χ4v) is 2.44. The van der Waals surface area contributed by atoms with Gasteiger partial charge in [0, 0.05) is 25.2 Å². The van der Waals surface area contributed by atoms with Gasteiger partial charge in [-0.3, -0.25) is 0 Å². The molecule has 7 heteroatoms. The Hall–Kier alpha value is -1.37. The van der Waals surface area contributed by atoms with Gasteiger partial charge in [-0.2, -0.15) is 13.2 Å². The number of hydrogen-bond donors (Lipinski definition) is 1. The molecule has 2 nitrogen and oxygen atoms in total. The fourth-order valence-electron chi connectivity index (χ4n) is 2.44. The van der Waals surface area contributed by atoms with E-state index in [0.717, 1.165) is 0 Å². The maximum atomic E-state index is 13.9. The van der Waals surface area contributed by atoms with E-state index in [2.05, 4.69) is 0 Å². The predicted molar refractivity (Wildman–Crippen MR) is 65.2 cm³/mol. The molecule has 0 aliphatic carbocycles. The number of nitrogens with zero attached hydrogens (tertiary/aromatic N) is 1. The third-order valence-electron chi connectivity index (χ3n) is 3.59. The standard InChI is InChI=1S/C13H15F5N2/c14-11-8(6-19)3-4-10(12(11)15)20-5-1-2-9(7-20)13(16,17)18/h3-4,9H,1-2,5-7,19H2. The fraction of sp³-hybridized carbons (Fsp3) is 0.538. The minimum absolute atomic E-state index is 0.00984. The molecule has 0 amide bonds. The molecule has 112 valence electrons. The normalized spacial score (nSPS) is 20.3. The van der Waals surface area contributed by atoms with Gasteiger partial charge in [0.25, 0.3) is 0 Å². The van der Waals surface area contributed by atoms with Crippen molar-refractivity contribution >= 4 is 5.69 Å².